The van der Waals surface area contributed by atoms with Crippen LogP contribution in [0.15, 0.2) is 65.6 Å². The fraction of sp³-hybridized carbons (Fsp3) is 0.154. The van der Waals surface area contributed by atoms with Crippen LogP contribution in [0.1, 0.15) is 21.5 Å². The molecule has 9 heteroatoms. The third kappa shape index (κ3) is 4.52. The maximum absolute atomic E-state index is 14.0. The fourth-order valence-corrected chi connectivity index (χ4v) is 4.08. The van der Waals surface area contributed by atoms with Crippen LogP contribution in [0.25, 0.3) is 21.9 Å². The summed E-state index contributed by atoms with van der Waals surface area (Å²) in [6.07, 6.45) is 1.45. The highest BCUT2D eigenvalue weighted by Gasteiger charge is 2.25. The highest BCUT2D eigenvalue weighted by molar-refractivity contribution is 6.00. The summed E-state index contributed by atoms with van der Waals surface area (Å²) in [5.41, 5.74) is 1.29. The highest BCUT2D eigenvalue weighted by Crippen LogP contribution is 2.30. The van der Waals surface area contributed by atoms with Crippen molar-refractivity contribution in [1.82, 2.24) is 15.1 Å². The van der Waals surface area contributed by atoms with Gasteiger partial charge in [0.25, 0.3) is 11.5 Å². The van der Waals surface area contributed by atoms with Crippen LogP contribution in [0, 0.1) is 18.6 Å². The van der Waals surface area contributed by atoms with E-state index in [1.807, 2.05) is 6.07 Å². The van der Waals surface area contributed by atoms with Gasteiger partial charge in [0, 0.05) is 13.5 Å². The number of nitrogens with zero attached hydrogens (tertiary/aromatic N) is 2. The Hall–Kier alpha value is -4.40. The monoisotopic (exact) mass is 477 g/mol. The standard InChI is InChI=1S/C26H21F2N3O4/c1-14-13-29-31(2)25(33)22(14)18-9-4-7-16-15(6-3-8-17(16)18)12-21(26(34)35)30-24(32)23-19(27)10-5-11-20(23)28/h3-11,13,21H,12H2,1-2H3,(H,30,32)(H,34,35)/t21-/m0/s1. The molecule has 1 amide bonds. The largest absolute Gasteiger partial charge is 0.480 e. The number of hydrogen-bond donors (Lipinski definition) is 2. The minimum absolute atomic E-state index is 0.148. The van der Waals surface area contributed by atoms with Crippen molar-refractivity contribution in [2.45, 2.75) is 19.4 Å². The number of amides is 1. The van der Waals surface area contributed by atoms with E-state index in [0.29, 0.717) is 33.0 Å². The summed E-state index contributed by atoms with van der Waals surface area (Å²) < 4.78 is 29.3. The molecule has 2 N–H and O–H groups in total. The van der Waals surface area contributed by atoms with Gasteiger partial charge in [0.05, 0.1) is 11.8 Å². The molecule has 1 aromatic heterocycles. The third-order valence-electron chi connectivity index (χ3n) is 5.83. The van der Waals surface area contributed by atoms with Gasteiger partial charge in [-0.15, -0.1) is 0 Å². The maximum Gasteiger partial charge on any atom is 0.326 e. The lowest BCUT2D eigenvalue weighted by molar-refractivity contribution is -0.139. The molecule has 0 saturated heterocycles. The van der Waals surface area contributed by atoms with Gasteiger partial charge in [0.2, 0.25) is 0 Å². The third-order valence-corrected chi connectivity index (χ3v) is 5.83. The van der Waals surface area contributed by atoms with E-state index in [4.69, 9.17) is 0 Å². The van der Waals surface area contributed by atoms with Crippen molar-refractivity contribution in [3.05, 3.63) is 99.5 Å². The van der Waals surface area contributed by atoms with Gasteiger partial charge in [-0.1, -0.05) is 42.5 Å². The second-order valence-electron chi connectivity index (χ2n) is 8.11. The Balaban J connectivity index is 1.74. The van der Waals surface area contributed by atoms with Crippen LogP contribution in [0.2, 0.25) is 0 Å². The fourth-order valence-electron chi connectivity index (χ4n) is 4.08. The van der Waals surface area contributed by atoms with Gasteiger partial charge in [-0.2, -0.15) is 5.10 Å². The van der Waals surface area contributed by atoms with Gasteiger partial charge in [-0.05, 0) is 46.5 Å². The zero-order valence-corrected chi connectivity index (χ0v) is 18.9. The molecule has 0 unspecified atom stereocenters. The van der Waals surface area contributed by atoms with Gasteiger partial charge in [-0.3, -0.25) is 9.59 Å². The number of rotatable bonds is 6. The topological polar surface area (TPSA) is 101 Å². The number of nitrogens with one attached hydrogen (secondary N) is 1. The van der Waals surface area contributed by atoms with E-state index < -0.39 is 35.1 Å². The molecule has 4 rings (SSSR count). The van der Waals surface area contributed by atoms with E-state index >= 15 is 0 Å². The minimum Gasteiger partial charge on any atom is -0.480 e. The number of aryl methyl sites for hydroxylation is 2. The summed E-state index contributed by atoms with van der Waals surface area (Å²) in [6, 6.07) is 12.1. The smallest absolute Gasteiger partial charge is 0.326 e. The molecule has 1 heterocycles. The lowest BCUT2D eigenvalue weighted by atomic mass is 9.92. The Kier molecular flexibility index (Phi) is 6.42. The second kappa shape index (κ2) is 9.46. The number of carboxylic acid groups (broad SMARTS) is 1. The lowest BCUT2D eigenvalue weighted by Crippen LogP contribution is -2.43. The number of halogens is 2. The van der Waals surface area contributed by atoms with Crippen molar-refractivity contribution in [1.29, 1.82) is 0 Å². The molecule has 178 valence electrons. The average molecular weight is 477 g/mol. The number of aliphatic carboxylic acids is 1. The second-order valence-corrected chi connectivity index (χ2v) is 8.11. The Morgan fingerprint density at radius 3 is 2.34 bits per heavy atom. The Bertz CT molecular complexity index is 1510. The van der Waals surface area contributed by atoms with E-state index in [1.54, 1.807) is 50.5 Å². The van der Waals surface area contributed by atoms with E-state index in [2.05, 4.69) is 10.4 Å². The van der Waals surface area contributed by atoms with E-state index in [1.165, 1.54) is 4.68 Å². The predicted molar refractivity (Wildman–Crippen MR) is 126 cm³/mol. The van der Waals surface area contributed by atoms with Crippen LogP contribution in [-0.4, -0.2) is 32.8 Å². The first-order chi connectivity index (χ1) is 16.7. The number of carbonyl (C=O) groups is 2. The zero-order valence-electron chi connectivity index (χ0n) is 18.9. The van der Waals surface area contributed by atoms with Gasteiger partial charge in [-0.25, -0.2) is 18.3 Å². The van der Waals surface area contributed by atoms with Crippen molar-refractivity contribution >= 4 is 22.6 Å². The minimum atomic E-state index is -1.45. The molecule has 3 aromatic carbocycles. The molecule has 7 nitrogen and oxygen atoms in total. The van der Waals surface area contributed by atoms with Crippen molar-refractivity contribution in [2.24, 2.45) is 7.05 Å². The Morgan fingerprint density at radius 2 is 1.66 bits per heavy atom. The zero-order chi connectivity index (χ0) is 25.3. The number of benzene rings is 3. The summed E-state index contributed by atoms with van der Waals surface area (Å²) in [4.78, 5) is 37.3. The first-order valence-electron chi connectivity index (χ1n) is 10.7. The molecular weight excluding hydrogens is 456 g/mol. The van der Waals surface area contributed by atoms with E-state index in [-0.39, 0.29) is 12.0 Å². The number of aromatic nitrogens is 2. The molecule has 0 saturated carbocycles. The van der Waals surface area contributed by atoms with Crippen molar-refractivity contribution in [3.63, 3.8) is 0 Å². The van der Waals surface area contributed by atoms with Gasteiger partial charge in [0.1, 0.15) is 23.2 Å². The first kappa shape index (κ1) is 23.7. The first-order valence-corrected chi connectivity index (χ1v) is 10.7. The number of carbonyl (C=O) groups excluding carboxylic acids is 1. The number of fused-ring (bicyclic) bond motifs is 1. The van der Waals surface area contributed by atoms with Crippen LogP contribution in [0.4, 0.5) is 8.78 Å². The predicted octanol–water partition coefficient (Wildman–Crippen LogP) is 3.61. The van der Waals surface area contributed by atoms with Crippen LogP contribution in [-0.2, 0) is 18.3 Å². The summed E-state index contributed by atoms with van der Waals surface area (Å²) in [5, 5.41) is 17.4. The molecule has 0 spiro atoms. The summed E-state index contributed by atoms with van der Waals surface area (Å²) in [7, 11) is 1.56. The van der Waals surface area contributed by atoms with E-state index in [0.717, 1.165) is 18.2 Å². The van der Waals surface area contributed by atoms with Gasteiger partial charge < -0.3 is 10.4 Å². The molecule has 0 aliphatic heterocycles. The highest BCUT2D eigenvalue weighted by atomic mass is 19.1. The summed E-state index contributed by atoms with van der Waals surface area (Å²) in [6.45, 7) is 1.78. The van der Waals surface area contributed by atoms with Gasteiger partial charge >= 0.3 is 5.97 Å². The Morgan fingerprint density at radius 1 is 1.03 bits per heavy atom. The molecule has 0 aliphatic carbocycles. The van der Waals surface area contributed by atoms with Crippen LogP contribution < -0.4 is 10.9 Å². The number of hydrogen-bond acceptors (Lipinski definition) is 4. The molecule has 0 aliphatic rings. The lowest BCUT2D eigenvalue weighted by Gasteiger charge is -2.17. The van der Waals surface area contributed by atoms with Crippen LogP contribution in [0.3, 0.4) is 0 Å². The van der Waals surface area contributed by atoms with Crippen molar-refractivity contribution < 1.29 is 23.5 Å². The molecule has 0 fully saturated rings. The quantitative estimate of drug-likeness (QED) is 0.442. The van der Waals surface area contributed by atoms with Gasteiger partial charge in [0.15, 0.2) is 0 Å². The average Bonchev–Trinajstić information content (AvgIpc) is 2.81. The maximum atomic E-state index is 14.0. The van der Waals surface area contributed by atoms with Crippen LogP contribution in [0.5, 0.6) is 0 Å². The van der Waals surface area contributed by atoms with Crippen molar-refractivity contribution in [3.8, 4) is 11.1 Å². The molecule has 0 radical (unpaired) electrons. The summed E-state index contributed by atoms with van der Waals surface area (Å²) in [5.74, 6) is -4.70. The van der Waals surface area contributed by atoms with Crippen LogP contribution >= 0.6 is 0 Å². The van der Waals surface area contributed by atoms with Crippen molar-refractivity contribution in [2.75, 3.05) is 0 Å². The summed E-state index contributed by atoms with van der Waals surface area (Å²) >= 11 is 0. The van der Waals surface area contributed by atoms with E-state index in [9.17, 15) is 28.3 Å². The normalized spacial score (nSPS) is 11.9. The number of carboxylic acids is 1. The molecule has 0 bridgehead atoms. The molecular formula is C26H21F2N3O4. The molecule has 4 aromatic rings. The SMILES string of the molecule is Cc1cnn(C)c(=O)c1-c1cccc2c(C[C@H](NC(=O)c3c(F)cccc3F)C(=O)O)cccc12. The molecule has 1 atom stereocenters. The molecule has 35 heavy (non-hydrogen) atoms. The Labute approximate surface area is 198 Å².